The largest absolute Gasteiger partial charge is 0.489 e. The molecule has 8 heteroatoms. The molecule has 0 bridgehead atoms. The number of aliphatic hydroxyl groups is 1. The van der Waals surface area contributed by atoms with E-state index < -0.39 is 6.10 Å². The van der Waals surface area contributed by atoms with Crippen LogP contribution in [-0.2, 0) is 9.63 Å². The van der Waals surface area contributed by atoms with E-state index in [4.69, 9.17) is 25.9 Å². The second kappa shape index (κ2) is 9.57. The molecule has 1 aliphatic rings. The first-order valence-corrected chi connectivity index (χ1v) is 8.92. The van der Waals surface area contributed by atoms with Crippen molar-refractivity contribution in [2.75, 3.05) is 31.6 Å². The van der Waals surface area contributed by atoms with Crippen molar-refractivity contribution in [3.63, 3.8) is 0 Å². The van der Waals surface area contributed by atoms with Gasteiger partial charge in [0.25, 0.3) is 0 Å². The van der Waals surface area contributed by atoms with Crippen molar-refractivity contribution >= 4 is 23.7 Å². The second-order valence-electron chi connectivity index (χ2n) is 6.06. The summed E-state index contributed by atoms with van der Waals surface area (Å²) in [5.41, 5.74) is 0.550. The van der Waals surface area contributed by atoms with Crippen molar-refractivity contribution < 1.29 is 24.2 Å². The topological polar surface area (TPSA) is 80.3 Å². The summed E-state index contributed by atoms with van der Waals surface area (Å²) in [7, 11) is 0. The molecule has 1 fully saturated rings. The van der Waals surface area contributed by atoms with Gasteiger partial charge in [-0.1, -0.05) is 23.7 Å². The average Bonchev–Trinajstić information content (AvgIpc) is 3.10. The van der Waals surface area contributed by atoms with E-state index in [0.717, 1.165) is 5.75 Å². The first-order chi connectivity index (χ1) is 13.1. The summed E-state index contributed by atoms with van der Waals surface area (Å²) in [5.74, 6) is 1.22. The SMILES string of the molecule is O=CNc1ccccc1OC[C@H](O)CN1C[C@@H](Oc2ccc(Cl)cc2)CO1. The number of hydrogen-bond acceptors (Lipinski definition) is 6. The molecule has 27 heavy (non-hydrogen) atoms. The Labute approximate surface area is 162 Å². The third kappa shape index (κ3) is 5.83. The van der Waals surface area contributed by atoms with E-state index >= 15 is 0 Å². The molecule has 2 N–H and O–H groups in total. The minimum absolute atomic E-state index is 0.0696. The van der Waals surface area contributed by atoms with Crippen LogP contribution in [0.1, 0.15) is 0 Å². The van der Waals surface area contributed by atoms with Gasteiger partial charge in [0.1, 0.15) is 36.9 Å². The van der Waals surface area contributed by atoms with E-state index in [2.05, 4.69) is 5.32 Å². The quantitative estimate of drug-likeness (QED) is 0.638. The maximum Gasteiger partial charge on any atom is 0.211 e. The molecule has 7 nitrogen and oxygen atoms in total. The van der Waals surface area contributed by atoms with Gasteiger partial charge in [-0.15, -0.1) is 0 Å². The van der Waals surface area contributed by atoms with Gasteiger partial charge in [-0.3, -0.25) is 9.63 Å². The molecule has 0 spiro atoms. The van der Waals surface area contributed by atoms with Gasteiger partial charge in [0.2, 0.25) is 6.41 Å². The van der Waals surface area contributed by atoms with E-state index in [1.54, 1.807) is 53.6 Å². The number of carbonyl (C=O) groups is 1. The lowest BCUT2D eigenvalue weighted by Gasteiger charge is -2.19. The summed E-state index contributed by atoms with van der Waals surface area (Å²) in [6, 6.07) is 14.2. The zero-order valence-corrected chi connectivity index (χ0v) is 15.3. The molecule has 3 rings (SSSR count). The summed E-state index contributed by atoms with van der Waals surface area (Å²) >= 11 is 5.86. The van der Waals surface area contributed by atoms with Gasteiger partial charge in [0.05, 0.1) is 18.8 Å². The van der Waals surface area contributed by atoms with Crippen LogP contribution in [0.25, 0.3) is 0 Å². The molecule has 0 aliphatic carbocycles. The molecule has 2 aromatic carbocycles. The first-order valence-electron chi connectivity index (χ1n) is 8.54. The lowest BCUT2D eigenvalue weighted by molar-refractivity contribution is -0.131. The number of para-hydroxylation sites is 2. The molecular weight excluding hydrogens is 372 g/mol. The number of amides is 1. The summed E-state index contributed by atoms with van der Waals surface area (Å²) in [6.07, 6.45) is -0.308. The van der Waals surface area contributed by atoms with Gasteiger partial charge in [0.15, 0.2) is 0 Å². The highest BCUT2D eigenvalue weighted by Crippen LogP contribution is 2.23. The van der Waals surface area contributed by atoms with Crippen LogP contribution in [0, 0.1) is 0 Å². The predicted octanol–water partition coefficient (Wildman–Crippen LogP) is 2.34. The zero-order chi connectivity index (χ0) is 19.1. The number of halogens is 1. The van der Waals surface area contributed by atoms with Crippen LogP contribution in [0.3, 0.4) is 0 Å². The van der Waals surface area contributed by atoms with Crippen LogP contribution >= 0.6 is 11.6 Å². The summed E-state index contributed by atoms with van der Waals surface area (Å²) in [5, 5.41) is 15.1. The Hall–Kier alpha value is -2.32. The van der Waals surface area contributed by atoms with Crippen molar-refractivity contribution in [3.05, 3.63) is 53.6 Å². The number of carbonyl (C=O) groups excluding carboxylic acids is 1. The van der Waals surface area contributed by atoms with E-state index in [1.807, 2.05) is 0 Å². The Morgan fingerprint density at radius 2 is 2.07 bits per heavy atom. The highest BCUT2D eigenvalue weighted by Gasteiger charge is 2.27. The summed E-state index contributed by atoms with van der Waals surface area (Å²) in [4.78, 5) is 16.2. The molecule has 1 saturated heterocycles. The second-order valence-corrected chi connectivity index (χ2v) is 6.50. The minimum atomic E-state index is -0.761. The molecule has 1 aliphatic heterocycles. The van der Waals surface area contributed by atoms with E-state index in [-0.39, 0.29) is 19.3 Å². The number of nitrogens with zero attached hydrogens (tertiary/aromatic N) is 1. The number of aliphatic hydroxyl groups excluding tert-OH is 1. The van der Waals surface area contributed by atoms with Crippen LogP contribution in [0.2, 0.25) is 5.02 Å². The Balaban J connectivity index is 1.43. The van der Waals surface area contributed by atoms with Crippen LogP contribution in [0.4, 0.5) is 5.69 Å². The standard InChI is InChI=1S/C19H21ClN2O5/c20-14-5-7-16(8-6-14)27-17-10-22(26-12-17)9-15(24)11-25-19-4-2-1-3-18(19)21-13-23/h1-8,13,15,17,24H,9-12H2,(H,21,23)/t15-,17-/m1/s1. The monoisotopic (exact) mass is 392 g/mol. The van der Waals surface area contributed by atoms with E-state index in [1.165, 1.54) is 0 Å². The molecular formula is C19H21ClN2O5. The zero-order valence-electron chi connectivity index (χ0n) is 14.6. The normalized spacial score (nSPS) is 18.1. The highest BCUT2D eigenvalue weighted by molar-refractivity contribution is 6.30. The average molecular weight is 393 g/mol. The summed E-state index contributed by atoms with van der Waals surface area (Å²) in [6.45, 7) is 1.29. The Bertz CT molecular complexity index is 743. The maximum atomic E-state index is 10.6. The smallest absolute Gasteiger partial charge is 0.211 e. The van der Waals surface area contributed by atoms with Crippen molar-refractivity contribution in [1.29, 1.82) is 0 Å². The number of benzene rings is 2. The van der Waals surface area contributed by atoms with Crippen molar-refractivity contribution in [3.8, 4) is 11.5 Å². The molecule has 0 radical (unpaired) electrons. The van der Waals surface area contributed by atoms with Gasteiger partial charge in [0, 0.05) is 5.02 Å². The summed E-state index contributed by atoms with van der Waals surface area (Å²) < 4.78 is 11.4. The van der Waals surface area contributed by atoms with Crippen LogP contribution in [0.5, 0.6) is 11.5 Å². The number of hydrogen-bond donors (Lipinski definition) is 2. The van der Waals surface area contributed by atoms with Crippen LogP contribution < -0.4 is 14.8 Å². The van der Waals surface area contributed by atoms with Gasteiger partial charge >= 0.3 is 0 Å². The highest BCUT2D eigenvalue weighted by atomic mass is 35.5. The molecule has 0 saturated carbocycles. The number of anilines is 1. The third-order valence-corrected chi connectivity index (χ3v) is 4.17. The first kappa shape index (κ1) is 19.4. The van der Waals surface area contributed by atoms with Crippen LogP contribution in [-0.4, -0.2) is 55.1 Å². The maximum absolute atomic E-state index is 10.6. The van der Waals surface area contributed by atoms with Crippen molar-refractivity contribution in [2.24, 2.45) is 0 Å². The van der Waals surface area contributed by atoms with Crippen molar-refractivity contribution in [1.82, 2.24) is 5.06 Å². The molecule has 0 unspecified atom stereocenters. The molecule has 144 valence electrons. The lowest BCUT2D eigenvalue weighted by Crippen LogP contribution is -2.34. The molecule has 1 heterocycles. The number of rotatable bonds is 9. The third-order valence-electron chi connectivity index (χ3n) is 3.91. The molecule has 0 aromatic heterocycles. The Morgan fingerprint density at radius 3 is 2.85 bits per heavy atom. The number of nitrogens with one attached hydrogen (secondary N) is 1. The molecule has 1 amide bonds. The molecule has 2 atom stereocenters. The van der Waals surface area contributed by atoms with E-state index in [0.29, 0.717) is 36.0 Å². The van der Waals surface area contributed by atoms with Gasteiger partial charge in [-0.25, -0.2) is 0 Å². The van der Waals surface area contributed by atoms with E-state index in [9.17, 15) is 9.90 Å². The fourth-order valence-corrected chi connectivity index (χ4v) is 2.80. The predicted molar refractivity (Wildman–Crippen MR) is 101 cm³/mol. The van der Waals surface area contributed by atoms with Crippen LogP contribution in [0.15, 0.2) is 48.5 Å². The van der Waals surface area contributed by atoms with Gasteiger partial charge in [-0.05, 0) is 36.4 Å². The molecule has 2 aromatic rings. The van der Waals surface area contributed by atoms with Crippen molar-refractivity contribution in [2.45, 2.75) is 12.2 Å². The number of hydroxylamine groups is 2. The Morgan fingerprint density at radius 1 is 1.30 bits per heavy atom. The Kier molecular flexibility index (Phi) is 6.89. The fourth-order valence-electron chi connectivity index (χ4n) is 2.67. The fraction of sp³-hybridized carbons (Fsp3) is 0.316. The minimum Gasteiger partial charge on any atom is -0.489 e. The number of ether oxygens (including phenoxy) is 2. The lowest BCUT2D eigenvalue weighted by atomic mass is 10.3. The number of β-amino-alcohol motifs (C(OH)–C–C–N with tert-alkyl or cyclic N) is 1. The van der Waals surface area contributed by atoms with Gasteiger partial charge < -0.3 is 19.9 Å². The van der Waals surface area contributed by atoms with Gasteiger partial charge in [-0.2, -0.15) is 5.06 Å².